The van der Waals surface area contributed by atoms with Gasteiger partial charge in [0.15, 0.2) is 4.90 Å². The topological polar surface area (TPSA) is 103 Å². The molecule has 0 aliphatic carbocycles. The van der Waals surface area contributed by atoms with Crippen molar-refractivity contribution in [3.63, 3.8) is 0 Å². The van der Waals surface area contributed by atoms with E-state index in [2.05, 4.69) is 25.6 Å². The van der Waals surface area contributed by atoms with Gasteiger partial charge >= 0.3 is 5.69 Å². The minimum Gasteiger partial charge on any atom is -0.302 e. The summed E-state index contributed by atoms with van der Waals surface area (Å²) in [5.74, 6) is 0. The molecule has 0 aliphatic rings. The average Bonchev–Trinajstić information content (AvgIpc) is 2.42. The van der Waals surface area contributed by atoms with Gasteiger partial charge in [-0.2, -0.15) is 0 Å². The SMILES string of the molecule is Cn1cc(S(=O)(=O)Nc2ccncc2Br)c(=O)n(C)c1=O. The van der Waals surface area contributed by atoms with Gasteiger partial charge in [-0.15, -0.1) is 0 Å². The summed E-state index contributed by atoms with van der Waals surface area (Å²) in [5, 5.41) is 0. The summed E-state index contributed by atoms with van der Waals surface area (Å²) >= 11 is 3.15. The lowest BCUT2D eigenvalue weighted by Crippen LogP contribution is -2.40. The van der Waals surface area contributed by atoms with Gasteiger partial charge in [0.25, 0.3) is 15.6 Å². The van der Waals surface area contributed by atoms with Crippen LogP contribution < -0.4 is 16.0 Å². The molecule has 0 unspecified atom stereocenters. The zero-order valence-electron chi connectivity index (χ0n) is 11.1. The van der Waals surface area contributed by atoms with Crippen molar-refractivity contribution in [3.05, 3.63) is 50.0 Å². The third kappa shape index (κ3) is 2.90. The summed E-state index contributed by atoms with van der Waals surface area (Å²) in [6, 6.07) is 1.44. The van der Waals surface area contributed by atoms with Crippen LogP contribution in [-0.4, -0.2) is 22.5 Å². The van der Waals surface area contributed by atoms with Crippen LogP contribution in [0.2, 0.25) is 0 Å². The molecule has 10 heteroatoms. The van der Waals surface area contributed by atoms with Crippen molar-refractivity contribution in [2.24, 2.45) is 14.1 Å². The highest BCUT2D eigenvalue weighted by atomic mass is 79.9. The van der Waals surface area contributed by atoms with Gasteiger partial charge in [-0.25, -0.2) is 13.2 Å². The van der Waals surface area contributed by atoms with Crippen LogP contribution in [0.15, 0.2) is 43.6 Å². The van der Waals surface area contributed by atoms with E-state index in [9.17, 15) is 18.0 Å². The molecule has 2 rings (SSSR count). The van der Waals surface area contributed by atoms with Crippen molar-refractivity contribution in [1.82, 2.24) is 14.1 Å². The lowest BCUT2D eigenvalue weighted by Gasteiger charge is -2.10. The van der Waals surface area contributed by atoms with Gasteiger partial charge in [-0.05, 0) is 22.0 Å². The fourth-order valence-electron chi connectivity index (χ4n) is 1.62. The van der Waals surface area contributed by atoms with E-state index in [-0.39, 0.29) is 5.69 Å². The number of hydrogen-bond acceptors (Lipinski definition) is 5. The second-order valence-corrected chi connectivity index (χ2v) is 6.72. The quantitative estimate of drug-likeness (QED) is 0.816. The molecule has 1 N–H and O–H groups in total. The van der Waals surface area contributed by atoms with Crippen molar-refractivity contribution in [1.29, 1.82) is 0 Å². The molecule has 21 heavy (non-hydrogen) atoms. The van der Waals surface area contributed by atoms with E-state index in [1.165, 1.54) is 32.6 Å². The number of halogens is 1. The summed E-state index contributed by atoms with van der Waals surface area (Å²) < 4.78 is 29.1. The highest BCUT2D eigenvalue weighted by Gasteiger charge is 2.22. The molecular formula is C11H11BrN4O4S. The molecule has 0 fully saturated rings. The fraction of sp³-hybridized carbons (Fsp3) is 0.182. The highest BCUT2D eigenvalue weighted by molar-refractivity contribution is 9.10. The molecule has 2 aromatic heterocycles. The predicted molar refractivity (Wildman–Crippen MR) is 79.7 cm³/mol. The van der Waals surface area contributed by atoms with Gasteiger partial charge in [-0.3, -0.25) is 19.1 Å². The number of rotatable bonds is 3. The van der Waals surface area contributed by atoms with Crippen molar-refractivity contribution in [3.8, 4) is 0 Å². The zero-order chi connectivity index (χ0) is 15.8. The van der Waals surface area contributed by atoms with Gasteiger partial charge in [0.2, 0.25) is 0 Å². The second kappa shape index (κ2) is 5.45. The number of nitrogens with one attached hydrogen (secondary N) is 1. The van der Waals surface area contributed by atoms with Crippen LogP contribution in [0.4, 0.5) is 5.69 Å². The van der Waals surface area contributed by atoms with Crippen LogP contribution in [0, 0.1) is 0 Å². The van der Waals surface area contributed by atoms with E-state index in [4.69, 9.17) is 0 Å². The van der Waals surface area contributed by atoms with Crippen LogP contribution in [0.3, 0.4) is 0 Å². The van der Waals surface area contributed by atoms with Crippen molar-refractivity contribution >= 4 is 31.6 Å². The van der Waals surface area contributed by atoms with Crippen LogP contribution in [0.25, 0.3) is 0 Å². The molecule has 0 saturated heterocycles. The first kappa shape index (κ1) is 15.4. The number of nitrogens with zero attached hydrogens (tertiary/aromatic N) is 3. The Hall–Kier alpha value is -1.94. The molecule has 0 spiro atoms. The molecule has 0 radical (unpaired) electrons. The molecule has 0 bridgehead atoms. The average molecular weight is 375 g/mol. The number of anilines is 1. The minimum absolute atomic E-state index is 0.237. The third-order valence-electron chi connectivity index (χ3n) is 2.72. The van der Waals surface area contributed by atoms with Gasteiger partial charge in [0.05, 0.1) is 10.2 Å². The number of pyridine rings is 1. The van der Waals surface area contributed by atoms with Gasteiger partial charge in [-0.1, -0.05) is 0 Å². The maximum absolute atomic E-state index is 12.3. The summed E-state index contributed by atoms with van der Waals surface area (Å²) in [7, 11) is -1.55. The number of sulfonamides is 1. The Kier molecular flexibility index (Phi) is 4.01. The van der Waals surface area contributed by atoms with E-state index in [0.717, 1.165) is 15.3 Å². The van der Waals surface area contributed by atoms with Gasteiger partial charge in [0.1, 0.15) is 0 Å². The van der Waals surface area contributed by atoms with E-state index in [1.807, 2.05) is 0 Å². The Morgan fingerprint density at radius 3 is 2.57 bits per heavy atom. The molecule has 0 amide bonds. The Morgan fingerprint density at radius 2 is 1.95 bits per heavy atom. The molecule has 2 aromatic rings. The number of aromatic nitrogens is 3. The maximum atomic E-state index is 12.3. The molecule has 0 aromatic carbocycles. The Bertz CT molecular complexity index is 917. The first-order valence-electron chi connectivity index (χ1n) is 5.63. The van der Waals surface area contributed by atoms with E-state index in [1.54, 1.807) is 0 Å². The van der Waals surface area contributed by atoms with Crippen LogP contribution in [-0.2, 0) is 24.1 Å². The largest absolute Gasteiger partial charge is 0.330 e. The summed E-state index contributed by atoms with van der Waals surface area (Å²) in [6.45, 7) is 0. The van der Waals surface area contributed by atoms with Crippen LogP contribution in [0.1, 0.15) is 0 Å². The van der Waals surface area contributed by atoms with E-state index >= 15 is 0 Å². The summed E-state index contributed by atoms with van der Waals surface area (Å²) in [4.78, 5) is 26.8. The Morgan fingerprint density at radius 1 is 1.29 bits per heavy atom. The lowest BCUT2D eigenvalue weighted by molar-refractivity contribution is 0.589. The highest BCUT2D eigenvalue weighted by Crippen LogP contribution is 2.22. The van der Waals surface area contributed by atoms with Crippen molar-refractivity contribution in [2.75, 3.05) is 4.72 Å². The molecule has 0 aliphatic heterocycles. The van der Waals surface area contributed by atoms with Crippen LogP contribution in [0.5, 0.6) is 0 Å². The first-order valence-corrected chi connectivity index (χ1v) is 7.90. The summed E-state index contributed by atoms with van der Waals surface area (Å²) in [5.41, 5.74) is -1.26. The van der Waals surface area contributed by atoms with Crippen molar-refractivity contribution in [2.45, 2.75) is 4.90 Å². The van der Waals surface area contributed by atoms with Gasteiger partial charge in [0, 0.05) is 32.7 Å². The molecule has 8 nitrogen and oxygen atoms in total. The van der Waals surface area contributed by atoms with Crippen LogP contribution >= 0.6 is 15.9 Å². The minimum atomic E-state index is -4.13. The third-order valence-corrected chi connectivity index (χ3v) is 4.70. The second-order valence-electron chi connectivity index (χ2n) is 4.21. The molecular weight excluding hydrogens is 364 g/mol. The Balaban J connectivity index is 2.59. The molecule has 0 atom stereocenters. The van der Waals surface area contributed by atoms with E-state index in [0.29, 0.717) is 4.47 Å². The monoisotopic (exact) mass is 374 g/mol. The van der Waals surface area contributed by atoms with Crippen molar-refractivity contribution < 1.29 is 8.42 Å². The smallest absolute Gasteiger partial charge is 0.302 e. The van der Waals surface area contributed by atoms with Gasteiger partial charge < -0.3 is 4.57 Å². The lowest BCUT2D eigenvalue weighted by atomic mass is 10.4. The maximum Gasteiger partial charge on any atom is 0.330 e. The first-order chi connectivity index (χ1) is 9.74. The number of hydrogen-bond donors (Lipinski definition) is 1. The van der Waals surface area contributed by atoms with E-state index < -0.39 is 26.2 Å². The molecule has 0 saturated carbocycles. The Labute approximate surface area is 128 Å². The number of aryl methyl sites for hydroxylation is 1. The molecule has 2 heterocycles. The zero-order valence-corrected chi connectivity index (χ0v) is 13.5. The predicted octanol–water partition coefficient (Wildman–Crippen LogP) is 0.0423. The normalized spacial score (nSPS) is 11.4. The standard InChI is InChI=1S/C11H11BrN4O4S/c1-15-6-9(10(17)16(2)11(15)18)21(19,20)14-8-3-4-13-5-7(8)12/h3-6H,1-2H3,(H,13,14). The summed E-state index contributed by atoms with van der Waals surface area (Å²) in [6.07, 6.45) is 3.81. The molecule has 112 valence electrons. The fourth-order valence-corrected chi connectivity index (χ4v) is 3.34.